The van der Waals surface area contributed by atoms with Crippen LogP contribution in [0.2, 0.25) is 0 Å². The molecule has 0 aromatic carbocycles. The average molecular weight is 328 g/mol. The summed E-state index contributed by atoms with van der Waals surface area (Å²) in [6, 6.07) is 3.21. The minimum absolute atomic E-state index is 0.0528. The molecule has 3 N–H and O–H groups in total. The topological polar surface area (TPSA) is 124 Å². The summed E-state index contributed by atoms with van der Waals surface area (Å²) in [5, 5.41) is 2.36. The van der Waals surface area contributed by atoms with Crippen LogP contribution >= 0.6 is 0 Å². The van der Waals surface area contributed by atoms with Crippen LogP contribution in [0.1, 0.15) is 24.2 Å². The van der Waals surface area contributed by atoms with Crippen LogP contribution in [0.25, 0.3) is 0 Å². The number of hydrazine groups is 1. The van der Waals surface area contributed by atoms with E-state index < -0.39 is 6.16 Å². The van der Waals surface area contributed by atoms with Crippen molar-refractivity contribution in [3.63, 3.8) is 0 Å². The third-order valence-electron chi connectivity index (χ3n) is 2.39. The molecule has 0 atom stereocenters. The van der Waals surface area contributed by atoms with Gasteiger partial charge in [0.2, 0.25) is 0 Å². The van der Waals surface area contributed by atoms with Crippen LogP contribution in [-0.4, -0.2) is 36.4 Å². The Kier molecular flexibility index (Phi) is 7.24. The number of nitrogens with two attached hydrogens (primary N) is 1. The number of carbonyl (C=O) groups is 2. The van der Waals surface area contributed by atoms with E-state index in [0.29, 0.717) is 5.56 Å². The Labute approximate surface area is 132 Å². The highest BCUT2D eigenvalue weighted by Gasteiger charge is 2.13. The summed E-state index contributed by atoms with van der Waals surface area (Å²) in [7, 11) is 0. The van der Waals surface area contributed by atoms with Gasteiger partial charge in [-0.25, -0.2) is 9.63 Å². The lowest BCUT2D eigenvalue weighted by Crippen LogP contribution is -2.38. The highest BCUT2D eigenvalue weighted by Crippen LogP contribution is 1.96. The fourth-order valence-electron chi connectivity index (χ4n) is 1.49. The molecule has 0 aliphatic carbocycles. The first-order valence-corrected chi connectivity index (χ1v) is 6.84. The second-order valence-electron chi connectivity index (χ2n) is 4.67. The van der Waals surface area contributed by atoms with Crippen LogP contribution in [-0.2, 0) is 21.0 Å². The van der Waals surface area contributed by atoms with Crippen molar-refractivity contribution in [2.24, 2.45) is 5.84 Å². The van der Waals surface area contributed by atoms with Gasteiger partial charge in [-0.15, -0.1) is 5.84 Å². The summed E-state index contributed by atoms with van der Waals surface area (Å²) in [5.74, 6) is 4.34. The van der Waals surface area contributed by atoms with E-state index in [4.69, 9.17) is 15.3 Å². The van der Waals surface area contributed by atoms with Gasteiger partial charge in [-0.3, -0.25) is 4.79 Å². The quantitative estimate of drug-likeness (QED) is 0.223. The summed E-state index contributed by atoms with van der Waals surface area (Å²) in [6.45, 7) is 3.39. The fraction of sp³-hybridized carbons (Fsp3) is 0.462. The molecule has 126 valence electrons. The molecule has 0 bridgehead atoms. The van der Waals surface area contributed by atoms with Gasteiger partial charge in [-0.05, 0) is 19.9 Å². The van der Waals surface area contributed by atoms with Gasteiger partial charge in [-0.2, -0.15) is 4.57 Å². The van der Waals surface area contributed by atoms with Crippen LogP contribution in [0.4, 0.5) is 4.79 Å². The SMILES string of the molecule is CC(C)OC(=O)OC[n+]1cccc(C(=O)NCCO[N+](N)=O)c1. The first kappa shape index (κ1) is 18.1. The lowest BCUT2D eigenvalue weighted by molar-refractivity contribution is -0.812. The summed E-state index contributed by atoms with van der Waals surface area (Å²) in [6.07, 6.45) is 2.07. The minimum Gasteiger partial charge on any atom is -0.431 e. The largest absolute Gasteiger partial charge is 0.513 e. The van der Waals surface area contributed by atoms with Crippen molar-refractivity contribution in [2.75, 3.05) is 13.2 Å². The first-order chi connectivity index (χ1) is 10.9. The highest BCUT2D eigenvalue weighted by molar-refractivity contribution is 5.93. The molecule has 0 spiro atoms. The van der Waals surface area contributed by atoms with E-state index in [1.165, 1.54) is 10.8 Å². The van der Waals surface area contributed by atoms with E-state index in [9.17, 15) is 14.5 Å². The molecule has 1 rings (SSSR count). The Bertz CT molecular complexity index is 563. The van der Waals surface area contributed by atoms with Crippen molar-refractivity contribution in [2.45, 2.75) is 26.7 Å². The molecule has 1 heterocycles. The third kappa shape index (κ3) is 7.60. The van der Waals surface area contributed by atoms with Gasteiger partial charge in [0.1, 0.15) is 10.5 Å². The number of nitrogens with one attached hydrogen (secondary N) is 1. The number of hydrogen-bond acceptors (Lipinski definition) is 6. The van der Waals surface area contributed by atoms with E-state index in [-0.39, 0.29) is 36.9 Å². The molecule has 0 fully saturated rings. The normalized spacial score (nSPS) is 10.0. The molecule has 1 aromatic rings. The Morgan fingerprint density at radius 1 is 1.43 bits per heavy atom. The maximum absolute atomic E-state index is 11.9. The fourth-order valence-corrected chi connectivity index (χ4v) is 1.49. The van der Waals surface area contributed by atoms with Crippen LogP contribution in [0, 0.1) is 4.91 Å². The second kappa shape index (κ2) is 9.18. The number of rotatable bonds is 8. The summed E-state index contributed by atoms with van der Waals surface area (Å²) in [5.41, 5.74) is 0.347. The maximum Gasteiger partial charge on any atom is 0.513 e. The number of aromatic nitrogens is 1. The number of pyridine rings is 1. The van der Waals surface area contributed by atoms with Crippen molar-refractivity contribution in [3.8, 4) is 0 Å². The number of nitrogens with zero attached hydrogens (tertiary/aromatic N) is 2. The Morgan fingerprint density at radius 2 is 2.17 bits per heavy atom. The zero-order valence-electron chi connectivity index (χ0n) is 12.9. The van der Waals surface area contributed by atoms with Crippen molar-refractivity contribution < 1.29 is 33.5 Å². The van der Waals surface area contributed by atoms with Crippen LogP contribution in [0.15, 0.2) is 24.5 Å². The van der Waals surface area contributed by atoms with Crippen molar-refractivity contribution >= 4 is 12.1 Å². The van der Waals surface area contributed by atoms with Crippen molar-refractivity contribution in [1.82, 2.24) is 5.32 Å². The smallest absolute Gasteiger partial charge is 0.431 e. The molecular formula is C13H20N4O6+2. The number of carbonyl (C=O) groups excluding carboxylic acids is 2. The van der Waals surface area contributed by atoms with Gasteiger partial charge < -0.3 is 14.8 Å². The average Bonchev–Trinajstić information content (AvgIpc) is 2.49. The Hall–Kier alpha value is -2.91. The lowest BCUT2D eigenvalue weighted by atomic mass is 10.2. The molecule has 0 saturated heterocycles. The van der Waals surface area contributed by atoms with E-state index in [1.54, 1.807) is 32.2 Å². The molecule has 1 aromatic heterocycles. The van der Waals surface area contributed by atoms with E-state index in [2.05, 4.69) is 10.2 Å². The molecule has 0 radical (unpaired) electrons. The van der Waals surface area contributed by atoms with Gasteiger partial charge in [0.25, 0.3) is 12.6 Å². The molecule has 0 saturated carbocycles. The molecular weight excluding hydrogens is 308 g/mol. The van der Waals surface area contributed by atoms with Crippen LogP contribution in [0.3, 0.4) is 0 Å². The first-order valence-electron chi connectivity index (χ1n) is 6.84. The van der Waals surface area contributed by atoms with Crippen molar-refractivity contribution in [1.29, 1.82) is 0 Å². The van der Waals surface area contributed by atoms with E-state index in [0.717, 1.165) is 0 Å². The van der Waals surface area contributed by atoms with E-state index in [1.807, 2.05) is 0 Å². The van der Waals surface area contributed by atoms with Gasteiger partial charge in [-0.1, -0.05) is 0 Å². The van der Waals surface area contributed by atoms with E-state index >= 15 is 0 Å². The van der Waals surface area contributed by atoms with Gasteiger partial charge in [0.05, 0.1) is 12.6 Å². The summed E-state index contributed by atoms with van der Waals surface area (Å²) >= 11 is 0. The third-order valence-corrected chi connectivity index (χ3v) is 2.39. The number of ether oxygens (including phenoxy) is 2. The standard InChI is InChI=1S/C13H19N4O6/c1-10(2)23-13(19)21-9-16-6-3-4-11(8-16)12(18)15-5-7-22-17(14)20/h3-4,6,8,10H,5,7,9H2,1-2H3,(H2-,14,15,18,20)/q+1/p+1. The number of hydrogen-bond donors (Lipinski definition) is 2. The minimum atomic E-state index is -0.788. The van der Waals surface area contributed by atoms with Gasteiger partial charge in [0.15, 0.2) is 19.0 Å². The molecule has 10 heteroatoms. The monoisotopic (exact) mass is 328 g/mol. The maximum atomic E-state index is 11.9. The summed E-state index contributed by atoms with van der Waals surface area (Å²) < 4.78 is 11.2. The number of amides is 1. The van der Waals surface area contributed by atoms with Crippen LogP contribution < -0.4 is 15.7 Å². The Morgan fingerprint density at radius 3 is 2.83 bits per heavy atom. The molecule has 0 unspecified atom stereocenters. The highest BCUT2D eigenvalue weighted by atomic mass is 16.8. The zero-order chi connectivity index (χ0) is 17.2. The van der Waals surface area contributed by atoms with Gasteiger partial charge in [0, 0.05) is 6.07 Å². The van der Waals surface area contributed by atoms with Crippen molar-refractivity contribution in [3.05, 3.63) is 35.0 Å². The summed E-state index contributed by atoms with van der Waals surface area (Å²) in [4.78, 5) is 37.9. The molecule has 23 heavy (non-hydrogen) atoms. The lowest BCUT2D eigenvalue weighted by Gasteiger charge is -2.06. The van der Waals surface area contributed by atoms with Gasteiger partial charge >= 0.3 is 11.2 Å². The Balaban J connectivity index is 2.47. The zero-order valence-corrected chi connectivity index (χ0v) is 12.9. The molecule has 10 nitrogen and oxygen atoms in total. The molecule has 1 amide bonds. The predicted octanol–water partition coefficient (Wildman–Crippen LogP) is -0.193. The second-order valence-corrected chi connectivity index (χ2v) is 4.67. The molecule has 0 aliphatic rings. The predicted molar refractivity (Wildman–Crippen MR) is 75.4 cm³/mol. The molecule has 0 aliphatic heterocycles. The van der Waals surface area contributed by atoms with Crippen LogP contribution in [0.5, 0.6) is 0 Å².